The molecule has 3 atom stereocenters. The lowest BCUT2D eigenvalue weighted by Crippen LogP contribution is -2.24. The number of rotatable bonds is 2. The number of furan rings is 1. The van der Waals surface area contributed by atoms with E-state index in [1.54, 1.807) is 10.8 Å². The zero-order valence-electron chi connectivity index (χ0n) is 10.4. The molecule has 1 aliphatic heterocycles. The molecule has 1 saturated heterocycles. The summed E-state index contributed by atoms with van der Waals surface area (Å²) in [6, 6.07) is 3.73. The molecule has 0 spiro atoms. The van der Waals surface area contributed by atoms with E-state index in [9.17, 15) is 5.11 Å². The number of hydrogen-bond acceptors (Lipinski definition) is 5. The molecule has 0 amide bonds. The van der Waals surface area contributed by atoms with Crippen molar-refractivity contribution in [1.29, 1.82) is 0 Å². The molecule has 3 heterocycles. The smallest absolute Gasteiger partial charge is 0.138 e. The van der Waals surface area contributed by atoms with Crippen LogP contribution in [0.4, 0.5) is 0 Å². The van der Waals surface area contributed by atoms with E-state index in [4.69, 9.17) is 26.5 Å². The van der Waals surface area contributed by atoms with Gasteiger partial charge in [0.25, 0.3) is 0 Å². The Bertz CT molecular complexity index is 662. The zero-order chi connectivity index (χ0) is 13.6. The summed E-state index contributed by atoms with van der Waals surface area (Å²) >= 11 is 5.44. The Kier molecular flexibility index (Phi) is 3.18. The number of ether oxygens (including phenoxy) is 1. The topological polar surface area (TPSA) is 67.8 Å². The molecule has 0 radical (unpaired) electrons. The van der Waals surface area contributed by atoms with Gasteiger partial charge >= 0.3 is 0 Å². The van der Waals surface area contributed by atoms with Gasteiger partial charge in [-0.2, -0.15) is 0 Å². The van der Waals surface area contributed by atoms with Crippen LogP contribution in [0.25, 0.3) is 11.0 Å². The number of aromatic nitrogens is 1. The van der Waals surface area contributed by atoms with Crippen LogP contribution in [0.2, 0.25) is 0 Å². The second-order valence-corrected chi connectivity index (χ2v) is 5.16. The lowest BCUT2D eigenvalue weighted by atomic mass is 10.2. The van der Waals surface area contributed by atoms with E-state index in [1.807, 2.05) is 19.1 Å². The molecule has 6 heteroatoms. The zero-order valence-corrected chi connectivity index (χ0v) is 11.3. The van der Waals surface area contributed by atoms with Gasteiger partial charge < -0.3 is 23.9 Å². The second kappa shape index (κ2) is 4.72. The SMILES string of the molecule is Cc1cc2c(=S)n([C@H]3CC(O)[C@@H](CO)O3)ccc2o1. The van der Waals surface area contributed by atoms with Crippen molar-refractivity contribution >= 4 is 23.2 Å². The van der Waals surface area contributed by atoms with Gasteiger partial charge in [0.1, 0.15) is 28.3 Å². The molecule has 0 bridgehead atoms. The lowest BCUT2D eigenvalue weighted by Gasteiger charge is -2.15. The molecular formula is C13H15NO4S. The maximum absolute atomic E-state index is 9.78. The molecular weight excluding hydrogens is 266 g/mol. The number of fused-ring (bicyclic) bond motifs is 1. The fourth-order valence-electron chi connectivity index (χ4n) is 2.45. The molecule has 1 unspecified atom stereocenters. The molecule has 2 aromatic heterocycles. The fourth-order valence-corrected chi connectivity index (χ4v) is 2.79. The molecule has 1 fully saturated rings. The third-order valence-corrected chi connectivity index (χ3v) is 3.86. The van der Waals surface area contributed by atoms with Crippen LogP contribution in [-0.4, -0.2) is 33.6 Å². The summed E-state index contributed by atoms with van der Waals surface area (Å²) in [6.07, 6.45) is 0.652. The Morgan fingerprint density at radius 2 is 2.32 bits per heavy atom. The molecule has 0 aromatic carbocycles. The summed E-state index contributed by atoms with van der Waals surface area (Å²) in [5, 5.41) is 19.7. The van der Waals surface area contributed by atoms with Crippen LogP contribution in [0, 0.1) is 11.6 Å². The van der Waals surface area contributed by atoms with Crippen LogP contribution in [0.1, 0.15) is 18.4 Å². The predicted molar refractivity (Wildman–Crippen MR) is 71.4 cm³/mol. The van der Waals surface area contributed by atoms with Crippen molar-refractivity contribution in [3.8, 4) is 0 Å². The number of pyridine rings is 1. The van der Waals surface area contributed by atoms with Gasteiger partial charge in [-0.15, -0.1) is 0 Å². The Hall–Kier alpha value is -1.21. The maximum atomic E-state index is 9.78. The summed E-state index contributed by atoms with van der Waals surface area (Å²) in [5.74, 6) is 0.805. The Balaban J connectivity index is 2.02. The highest BCUT2D eigenvalue weighted by Crippen LogP contribution is 2.31. The molecule has 0 saturated carbocycles. The normalized spacial score (nSPS) is 27.2. The van der Waals surface area contributed by atoms with Crippen molar-refractivity contribution in [1.82, 2.24) is 4.57 Å². The second-order valence-electron chi connectivity index (χ2n) is 4.78. The van der Waals surface area contributed by atoms with E-state index in [1.165, 1.54) is 0 Å². The van der Waals surface area contributed by atoms with Crippen LogP contribution in [-0.2, 0) is 4.74 Å². The van der Waals surface area contributed by atoms with Crippen molar-refractivity contribution in [2.75, 3.05) is 6.61 Å². The highest BCUT2D eigenvalue weighted by molar-refractivity contribution is 7.71. The van der Waals surface area contributed by atoms with Crippen LogP contribution in [0.5, 0.6) is 0 Å². The first-order valence-electron chi connectivity index (χ1n) is 6.16. The lowest BCUT2D eigenvalue weighted by molar-refractivity contribution is -0.0447. The van der Waals surface area contributed by atoms with Crippen molar-refractivity contribution in [2.24, 2.45) is 0 Å². The Morgan fingerprint density at radius 1 is 1.53 bits per heavy atom. The Morgan fingerprint density at radius 3 is 3.00 bits per heavy atom. The van der Waals surface area contributed by atoms with Gasteiger partial charge in [0.05, 0.1) is 18.1 Å². The molecule has 102 valence electrons. The third-order valence-electron chi connectivity index (χ3n) is 3.43. The van der Waals surface area contributed by atoms with Gasteiger partial charge in [-0.3, -0.25) is 0 Å². The van der Waals surface area contributed by atoms with Crippen molar-refractivity contribution in [3.05, 3.63) is 28.7 Å². The van der Waals surface area contributed by atoms with Gasteiger partial charge in [0, 0.05) is 12.6 Å². The Labute approximate surface area is 115 Å². The van der Waals surface area contributed by atoms with E-state index in [0.29, 0.717) is 11.1 Å². The number of aryl methyl sites for hydroxylation is 1. The molecule has 0 aliphatic carbocycles. The molecule has 2 N–H and O–H groups in total. The monoisotopic (exact) mass is 281 g/mol. The molecule has 2 aromatic rings. The van der Waals surface area contributed by atoms with Gasteiger partial charge in [-0.1, -0.05) is 12.2 Å². The molecule has 5 nitrogen and oxygen atoms in total. The van der Waals surface area contributed by atoms with Gasteiger partial charge in [-0.25, -0.2) is 0 Å². The summed E-state index contributed by atoms with van der Waals surface area (Å²) in [6.45, 7) is 1.68. The van der Waals surface area contributed by atoms with E-state index in [-0.39, 0.29) is 12.8 Å². The van der Waals surface area contributed by atoms with Crippen molar-refractivity contribution in [2.45, 2.75) is 31.8 Å². The van der Waals surface area contributed by atoms with Gasteiger partial charge in [0.2, 0.25) is 0 Å². The highest BCUT2D eigenvalue weighted by Gasteiger charge is 2.34. The number of aliphatic hydroxyl groups excluding tert-OH is 2. The van der Waals surface area contributed by atoms with Crippen molar-refractivity contribution < 1.29 is 19.4 Å². The summed E-state index contributed by atoms with van der Waals surface area (Å²) in [7, 11) is 0. The quantitative estimate of drug-likeness (QED) is 0.823. The van der Waals surface area contributed by atoms with Gasteiger partial charge in [-0.05, 0) is 19.1 Å². The highest BCUT2D eigenvalue weighted by atomic mass is 32.1. The first kappa shape index (κ1) is 12.8. The minimum atomic E-state index is -0.668. The first-order chi connectivity index (χ1) is 9.10. The number of hydrogen-bond donors (Lipinski definition) is 2. The molecule has 19 heavy (non-hydrogen) atoms. The standard InChI is InChI=1S/C13H15NO4S/c1-7-4-8-10(17-7)2-3-14(13(8)19)12-5-9(16)11(6-15)18-12/h2-4,9,11-12,15-16H,5-6H2,1H3/t9?,11-,12-/m1/s1. The maximum Gasteiger partial charge on any atom is 0.138 e. The van der Waals surface area contributed by atoms with Crippen LogP contribution < -0.4 is 0 Å². The van der Waals surface area contributed by atoms with E-state index >= 15 is 0 Å². The average Bonchev–Trinajstić information content (AvgIpc) is 2.92. The van der Waals surface area contributed by atoms with E-state index in [2.05, 4.69) is 0 Å². The van der Waals surface area contributed by atoms with Crippen LogP contribution in [0.3, 0.4) is 0 Å². The van der Waals surface area contributed by atoms with Crippen molar-refractivity contribution in [3.63, 3.8) is 0 Å². The fraction of sp³-hybridized carbons (Fsp3) is 0.462. The predicted octanol–water partition coefficient (Wildman–Crippen LogP) is 1.91. The molecule has 3 rings (SSSR count). The van der Waals surface area contributed by atoms with Crippen LogP contribution in [0.15, 0.2) is 22.7 Å². The first-order valence-corrected chi connectivity index (χ1v) is 6.56. The minimum absolute atomic E-state index is 0.196. The third kappa shape index (κ3) is 2.10. The minimum Gasteiger partial charge on any atom is -0.461 e. The number of nitrogens with zero attached hydrogens (tertiary/aromatic N) is 1. The van der Waals surface area contributed by atoms with E-state index < -0.39 is 12.2 Å². The van der Waals surface area contributed by atoms with Crippen LogP contribution >= 0.6 is 12.2 Å². The summed E-state index contributed by atoms with van der Waals surface area (Å²) < 4.78 is 13.5. The largest absolute Gasteiger partial charge is 0.461 e. The average molecular weight is 281 g/mol. The van der Waals surface area contributed by atoms with Gasteiger partial charge in [0.15, 0.2) is 0 Å². The molecule has 1 aliphatic rings. The summed E-state index contributed by atoms with van der Waals surface area (Å²) in [5.41, 5.74) is 0.746. The summed E-state index contributed by atoms with van der Waals surface area (Å²) in [4.78, 5) is 0. The number of aliphatic hydroxyl groups is 2. The van der Waals surface area contributed by atoms with E-state index in [0.717, 1.165) is 16.7 Å².